The van der Waals surface area contributed by atoms with E-state index in [1.165, 1.54) is 69.9 Å². The molecule has 2 saturated carbocycles. The molecule has 0 aliphatic heterocycles. The van der Waals surface area contributed by atoms with Crippen LogP contribution in [0.15, 0.2) is 4.99 Å². The summed E-state index contributed by atoms with van der Waals surface area (Å²) in [7, 11) is 0. The van der Waals surface area contributed by atoms with Crippen LogP contribution in [0.4, 0.5) is 0 Å². The first-order valence-corrected chi connectivity index (χ1v) is 8.46. The van der Waals surface area contributed by atoms with Crippen LogP contribution < -0.4 is 0 Å². The van der Waals surface area contributed by atoms with Gasteiger partial charge in [-0.2, -0.15) is 0 Å². The molecule has 0 spiro atoms. The summed E-state index contributed by atoms with van der Waals surface area (Å²) in [5, 5.41) is 8.62. The van der Waals surface area contributed by atoms with Crippen LogP contribution in [-0.2, 0) is 0 Å². The molecule has 0 unspecified atom stereocenters. The molecule has 108 valence electrons. The van der Waals surface area contributed by atoms with Gasteiger partial charge in [0.1, 0.15) is 0 Å². The molecule has 0 atom stereocenters. The van der Waals surface area contributed by atoms with E-state index in [0.29, 0.717) is 11.8 Å². The number of hydrogen-bond acceptors (Lipinski definition) is 2. The van der Waals surface area contributed by atoms with Crippen LogP contribution in [0.5, 0.6) is 0 Å². The van der Waals surface area contributed by atoms with Crippen LogP contribution in [-0.4, -0.2) is 18.0 Å². The van der Waals surface area contributed by atoms with Crippen LogP contribution in [0, 0.1) is 17.2 Å². The minimum absolute atomic E-state index is 0.520. The second kappa shape index (κ2) is 7.81. The minimum Gasteiger partial charge on any atom is -0.303 e. The van der Waals surface area contributed by atoms with Gasteiger partial charge in [0.25, 0.3) is 0 Å². The number of nitrogens with one attached hydrogen (secondary N) is 1. The third-order valence-corrected chi connectivity index (χ3v) is 4.79. The average molecular weight is 262 g/mol. The molecular weight excluding hydrogens is 232 g/mol. The molecule has 0 radical (unpaired) electrons. The molecule has 2 heteroatoms. The molecular formula is C17H30N2. The van der Waals surface area contributed by atoms with E-state index in [2.05, 4.69) is 6.92 Å². The smallest absolute Gasteiger partial charge is 0.0589 e. The second-order valence-corrected chi connectivity index (χ2v) is 6.35. The van der Waals surface area contributed by atoms with E-state index in [9.17, 15) is 0 Å². The predicted octanol–water partition coefficient (Wildman–Crippen LogP) is 5.02. The summed E-state index contributed by atoms with van der Waals surface area (Å²) in [5.41, 5.74) is 2.12. The maximum atomic E-state index is 8.62. The highest BCUT2D eigenvalue weighted by Crippen LogP contribution is 2.30. The van der Waals surface area contributed by atoms with Gasteiger partial charge in [-0.3, -0.25) is 4.99 Å². The SMILES string of the molecule is CCCN=C(C(=N)C1CCCCC1)C1CCCCC1. The van der Waals surface area contributed by atoms with Gasteiger partial charge in [0.15, 0.2) is 0 Å². The summed E-state index contributed by atoms with van der Waals surface area (Å²) >= 11 is 0. The first-order chi connectivity index (χ1) is 9.33. The molecule has 0 aromatic carbocycles. The molecule has 0 amide bonds. The van der Waals surface area contributed by atoms with E-state index in [0.717, 1.165) is 18.7 Å². The Morgan fingerprint density at radius 3 is 1.95 bits per heavy atom. The van der Waals surface area contributed by atoms with Gasteiger partial charge < -0.3 is 5.41 Å². The third-order valence-electron chi connectivity index (χ3n) is 4.79. The Morgan fingerprint density at radius 1 is 0.895 bits per heavy atom. The van der Waals surface area contributed by atoms with Crippen molar-refractivity contribution in [3.8, 4) is 0 Å². The van der Waals surface area contributed by atoms with Gasteiger partial charge in [0, 0.05) is 18.4 Å². The van der Waals surface area contributed by atoms with Crippen molar-refractivity contribution >= 4 is 11.4 Å². The van der Waals surface area contributed by atoms with E-state index in [-0.39, 0.29) is 0 Å². The molecule has 2 aliphatic rings. The molecule has 2 fully saturated rings. The summed E-state index contributed by atoms with van der Waals surface area (Å²) in [4.78, 5) is 4.83. The summed E-state index contributed by atoms with van der Waals surface area (Å²) in [6.45, 7) is 3.10. The molecule has 0 aromatic heterocycles. The number of aliphatic imine (C=N–C) groups is 1. The van der Waals surface area contributed by atoms with Crippen LogP contribution in [0.1, 0.15) is 77.6 Å². The number of nitrogens with zero attached hydrogens (tertiary/aromatic N) is 1. The standard InChI is InChI=1S/C17H30N2/c1-2-13-19-17(15-11-7-4-8-12-15)16(18)14-9-5-3-6-10-14/h14-15,18H,2-13H2,1H3. The van der Waals surface area contributed by atoms with Crippen molar-refractivity contribution in [1.29, 1.82) is 5.41 Å². The van der Waals surface area contributed by atoms with Gasteiger partial charge in [0.2, 0.25) is 0 Å². The molecule has 0 bridgehead atoms. The van der Waals surface area contributed by atoms with Gasteiger partial charge in [-0.25, -0.2) is 0 Å². The zero-order chi connectivity index (χ0) is 13.5. The van der Waals surface area contributed by atoms with Crippen molar-refractivity contribution in [1.82, 2.24) is 0 Å². The fourth-order valence-electron chi connectivity index (χ4n) is 3.64. The molecule has 0 heterocycles. The highest BCUT2D eigenvalue weighted by Gasteiger charge is 2.27. The molecule has 19 heavy (non-hydrogen) atoms. The fraction of sp³-hybridized carbons (Fsp3) is 0.882. The monoisotopic (exact) mass is 262 g/mol. The van der Waals surface area contributed by atoms with Gasteiger partial charge in [-0.05, 0) is 32.1 Å². The Labute approximate surface area is 118 Å². The summed E-state index contributed by atoms with van der Waals surface area (Å²) in [6.07, 6.45) is 14.2. The van der Waals surface area contributed by atoms with Crippen LogP contribution >= 0.6 is 0 Å². The van der Waals surface area contributed by atoms with Crippen molar-refractivity contribution in [2.45, 2.75) is 77.6 Å². The Bertz CT molecular complexity index is 307. The van der Waals surface area contributed by atoms with Crippen LogP contribution in [0.3, 0.4) is 0 Å². The van der Waals surface area contributed by atoms with Crippen LogP contribution in [0.25, 0.3) is 0 Å². The third kappa shape index (κ3) is 4.15. The Balaban J connectivity index is 2.04. The van der Waals surface area contributed by atoms with Gasteiger partial charge >= 0.3 is 0 Å². The minimum atomic E-state index is 0.520. The molecule has 0 saturated heterocycles. The summed E-state index contributed by atoms with van der Waals surface area (Å²) in [6, 6.07) is 0. The quantitative estimate of drug-likeness (QED) is 0.676. The summed E-state index contributed by atoms with van der Waals surface area (Å²) in [5.74, 6) is 1.13. The Hall–Kier alpha value is -0.660. The zero-order valence-electron chi connectivity index (χ0n) is 12.6. The normalized spacial score (nSPS) is 23.5. The molecule has 2 rings (SSSR count). The van der Waals surface area contributed by atoms with Crippen molar-refractivity contribution < 1.29 is 0 Å². The fourth-order valence-corrected chi connectivity index (χ4v) is 3.64. The lowest BCUT2D eigenvalue weighted by molar-refractivity contribution is 0.427. The molecule has 2 aliphatic carbocycles. The number of rotatable bonds is 5. The van der Waals surface area contributed by atoms with E-state index >= 15 is 0 Å². The highest BCUT2D eigenvalue weighted by molar-refractivity contribution is 6.42. The predicted molar refractivity (Wildman–Crippen MR) is 83.5 cm³/mol. The maximum Gasteiger partial charge on any atom is 0.0589 e. The summed E-state index contributed by atoms with van der Waals surface area (Å²) < 4.78 is 0. The first kappa shape index (κ1) is 14.7. The lowest BCUT2D eigenvalue weighted by Gasteiger charge is -2.29. The van der Waals surface area contributed by atoms with Gasteiger partial charge in [-0.15, -0.1) is 0 Å². The van der Waals surface area contributed by atoms with Crippen molar-refractivity contribution in [2.75, 3.05) is 6.54 Å². The Kier molecular flexibility index (Phi) is 6.06. The van der Waals surface area contributed by atoms with Crippen molar-refractivity contribution in [3.63, 3.8) is 0 Å². The lowest BCUT2D eigenvalue weighted by Crippen LogP contribution is -2.32. The van der Waals surface area contributed by atoms with Crippen molar-refractivity contribution in [3.05, 3.63) is 0 Å². The first-order valence-electron chi connectivity index (χ1n) is 8.46. The maximum absolute atomic E-state index is 8.62. The molecule has 1 N–H and O–H groups in total. The Morgan fingerprint density at radius 2 is 1.42 bits per heavy atom. The lowest BCUT2D eigenvalue weighted by atomic mass is 9.77. The molecule has 2 nitrogen and oxygen atoms in total. The average Bonchev–Trinajstić information content (AvgIpc) is 2.49. The molecule has 0 aromatic rings. The second-order valence-electron chi connectivity index (χ2n) is 6.35. The van der Waals surface area contributed by atoms with E-state index < -0.39 is 0 Å². The van der Waals surface area contributed by atoms with Crippen molar-refractivity contribution in [2.24, 2.45) is 16.8 Å². The van der Waals surface area contributed by atoms with Crippen LogP contribution in [0.2, 0.25) is 0 Å². The van der Waals surface area contributed by atoms with Gasteiger partial charge in [-0.1, -0.05) is 45.4 Å². The largest absolute Gasteiger partial charge is 0.303 e. The van der Waals surface area contributed by atoms with E-state index in [4.69, 9.17) is 10.4 Å². The van der Waals surface area contributed by atoms with E-state index in [1.807, 2.05) is 0 Å². The van der Waals surface area contributed by atoms with Gasteiger partial charge in [0.05, 0.1) is 11.4 Å². The van der Waals surface area contributed by atoms with E-state index in [1.54, 1.807) is 0 Å². The number of hydrogen-bond donors (Lipinski definition) is 1. The topological polar surface area (TPSA) is 36.2 Å². The zero-order valence-corrected chi connectivity index (χ0v) is 12.6. The highest BCUT2D eigenvalue weighted by atomic mass is 14.8.